The molecule has 1 heterocycles. The van der Waals surface area contributed by atoms with Gasteiger partial charge in [-0.2, -0.15) is 5.10 Å². The maximum Gasteiger partial charge on any atom is 0.263 e. The fraction of sp³-hybridized carbons (Fsp3) is 0.308. The van der Waals surface area contributed by atoms with Gasteiger partial charge in [-0.25, -0.2) is 10.1 Å². The van der Waals surface area contributed by atoms with Crippen molar-refractivity contribution < 1.29 is 0 Å². The first-order valence-electron chi connectivity index (χ1n) is 6.14. The first-order chi connectivity index (χ1) is 9.08. The molecule has 2 aromatic rings. The molecule has 0 saturated carbocycles. The quantitative estimate of drug-likeness (QED) is 0.515. The Morgan fingerprint density at radius 3 is 2.40 bits per heavy atom. The van der Waals surface area contributed by atoms with Gasteiger partial charge in [0.15, 0.2) is 5.82 Å². The average Bonchev–Trinajstić information content (AvgIpc) is 2.71. The van der Waals surface area contributed by atoms with E-state index in [9.17, 15) is 0 Å². The van der Waals surface area contributed by atoms with Gasteiger partial charge in [0.2, 0.25) is 0 Å². The molecule has 0 aliphatic rings. The summed E-state index contributed by atoms with van der Waals surface area (Å²) >= 11 is 0. The van der Waals surface area contributed by atoms with Gasteiger partial charge in [0, 0.05) is 0 Å². The number of nitrogen functional groups attached to an aromatic ring is 1. The van der Waals surface area contributed by atoms with Gasteiger partial charge in [-0.15, -0.1) is 22.6 Å². The topological polar surface area (TPSA) is 81.1 Å². The highest BCUT2D eigenvalue weighted by molar-refractivity contribution is 5.85. The van der Waals surface area contributed by atoms with Crippen LogP contribution in [0.3, 0.4) is 0 Å². The number of nitrogens with one attached hydrogen (secondary N) is 1. The molecule has 0 radical (unpaired) electrons. The van der Waals surface area contributed by atoms with Gasteiger partial charge < -0.3 is 5.84 Å². The Kier molecular flexibility index (Phi) is 5.52. The molecule has 0 saturated heterocycles. The highest BCUT2D eigenvalue weighted by atomic mass is 35.5. The number of benzene rings is 1. The summed E-state index contributed by atoms with van der Waals surface area (Å²) in [5.74, 6) is 7.25. The normalized spacial score (nSPS) is 10.8. The van der Waals surface area contributed by atoms with Crippen molar-refractivity contribution in [2.75, 3.05) is 11.3 Å². The minimum absolute atomic E-state index is 0. The fourth-order valence-corrected chi connectivity index (χ4v) is 1.58. The van der Waals surface area contributed by atoms with E-state index in [4.69, 9.17) is 5.84 Å². The second kappa shape index (κ2) is 6.91. The second-order valence-electron chi connectivity index (χ2n) is 4.63. The van der Waals surface area contributed by atoms with Gasteiger partial charge in [-0.3, -0.25) is 0 Å². The fourth-order valence-electron chi connectivity index (χ4n) is 1.58. The Morgan fingerprint density at radius 1 is 1.25 bits per heavy atom. The van der Waals surface area contributed by atoms with Crippen molar-refractivity contribution >= 4 is 24.6 Å². The molecule has 0 unspecified atom stereocenters. The molecular formula is C13H19ClN6. The van der Waals surface area contributed by atoms with Gasteiger partial charge in [0.1, 0.15) is 0 Å². The lowest BCUT2D eigenvalue weighted by Crippen LogP contribution is -2.13. The summed E-state index contributed by atoms with van der Waals surface area (Å²) in [6.07, 6.45) is 1.72. The number of hydrogen-bond donors (Lipinski definition) is 2. The standard InChI is InChI=1S/C13H18N6.ClH/c1-9(2)12-6-4-11(5-7-12)8-15-17-13-18-16-10(3)19(13)14;/h4-9H,14H2,1-3H3,(H,17,18);1H/b15-8+;. The van der Waals surface area contributed by atoms with Crippen molar-refractivity contribution in [1.82, 2.24) is 14.9 Å². The van der Waals surface area contributed by atoms with Crippen molar-refractivity contribution in [2.24, 2.45) is 5.10 Å². The summed E-state index contributed by atoms with van der Waals surface area (Å²) in [6.45, 7) is 6.11. The molecule has 6 nitrogen and oxygen atoms in total. The number of hydrogen-bond acceptors (Lipinski definition) is 5. The van der Waals surface area contributed by atoms with Crippen LogP contribution in [0.15, 0.2) is 29.4 Å². The smallest absolute Gasteiger partial charge is 0.263 e. The number of nitrogens with zero attached hydrogens (tertiary/aromatic N) is 4. The van der Waals surface area contributed by atoms with Gasteiger partial charge in [-0.1, -0.05) is 38.1 Å². The third-order valence-electron chi connectivity index (χ3n) is 2.85. The number of nitrogens with two attached hydrogens (primary N) is 1. The van der Waals surface area contributed by atoms with Gasteiger partial charge in [0.05, 0.1) is 6.21 Å². The largest absolute Gasteiger partial charge is 0.335 e. The molecule has 1 aromatic heterocycles. The van der Waals surface area contributed by atoms with E-state index in [2.05, 4.69) is 46.7 Å². The van der Waals surface area contributed by atoms with Crippen LogP contribution in [0.2, 0.25) is 0 Å². The molecule has 0 spiro atoms. The molecule has 108 valence electrons. The Morgan fingerprint density at radius 2 is 1.90 bits per heavy atom. The predicted molar refractivity (Wildman–Crippen MR) is 83.9 cm³/mol. The molecule has 1 aromatic carbocycles. The van der Waals surface area contributed by atoms with Crippen LogP contribution in [0.25, 0.3) is 0 Å². The van der Waals surface area contributed by atoms with E-state index in [0.29, 0.717) is 17.7 Å². The summed E-state index contributed by atoms with van der Waals surface area (Å²) < 4.78 is 1.35. The molecule has 0 fully saturated rings. The zero-order valence-corrected chi connectivity index (χ0v) is 12.6. The third kappa shape index (κ3) is 3.71. The molecule has 0 atom stereocenters. The molecule has 3 N–H and O–H groups in total. The number of aryl methyl sites for hydroxylation is 1. The van der Waals surface area contributed by atoms with E-state index >= 15 is 0 Å². The van der Waals surface area contributed by atoms with Gasteiger partial charge >= 0.3 is 0 Å². The SMILES string of the molecule is Cc1nnc(N/N=C/c2ccc(C(C)C)cc2)n1N.Cl. The molecule has 0 aliphatic heterocycles. The van der Waals surface area contributed by atoms with Crippen molar-refractivity contribution in [3.8, 4) is 0 Å². The van der Waals surface area contributed by atoms with Crippen LogP contribution in [-0.2, 0) is 0 Å². The number of anilines is 1. The van der Waals surface area contributed by atoms with Crippen LogP contribution >= 0.6 is 12.4 Å². The first-order valence-corrected chi connectivity index (χ1v) is 6.14. The van der Waals surface area contributed by atoms with Crippen LogP contribution in [0.4, 0.5) is 5.95 Å². The summed E-state index contributed by atoms with van der Waals surface area (Å²) in [4.78, 5) is 0. The maximum absolute atomic E-state index is 5.69. The van der Waals surface area contributed by atoms with Gasteiger partial charge in [-0.05, 0) is 24.0 Å². The molecule has 2 rings (SSSR count). The van der Waals surface area contributed by atoms with Crippen molar-refractivity contribution in [1.29, 1.82) is 0 Å². The highest BCUT2D eigenvalue weighted by Crippen LogP contribution is 2.13. The van der Waals surface area contributed by atoms with Crippen molar-refractivity contribution in [3.63, 3.8) is 0 Å². The zero-order valence-electron chi connectivity index (χ0n) is 11.7. The summed E-state index contributed by atoms with van der Waals surface area (Å²) in [5, 5.41) is 11.8. The van der Waals surface area contributed by atoms with E-state index in [1.165, 1.54) is 10.2 Å². The number of halogens is 1. The lowest BCUT2D eigenvalue weighted by Gasteiger charge is -2.04. The molecule has 0 aliphatic carbocycles. The minimum atomic E-state index is 0. The summed E-state index contributed by atoms with van der Waals surface area (Å²) in [6, 6.07) is 8.25. The van der Waals surface area contributed by atoms with E-state index in [0.717, 1.165) is 5.56 Å². The van der Waals surface area contributed by atoms with Crippen molar-refractivity contribution in [2.45, 2.75) is 26.7 Å². The highest BCUT2D eigenvalue weighted by Gasteiger charge is 2.02. The summed E-state index contributed by atoms with van der Waals surface area (Å²) in [5.41, 5.74) is 5.07. The molecular weight excluding hydrogens is 276 g/mol. The monoisotopic (exact) mass is 294 g/mol. The van der Waals surface area contributed by atoms with E-state index in [1.807, 2.05) is 12.1 Å². The van der Waals surface area contributed by atoms with E-state index in [1.54, 1.807) is 13.1 Å². The maximum atomic E-state index is 5.69. The van der Waals surface area contributed by atoms with Gasteiger partial charge in [0.25, 0.3) is 5.95 Å². The number of rotatable bonds is 4. The summed E-state index contributed by atoms with van der Waals surface area (Å²) in [7, 11) is 0. The Balaban J connectivity index is 0.00000200. The average molecular weight is 295 g/mol. The molecule has 20 heavy (non-hydrogen) atoms. The Labute approximate surface area is 124 Å². The Hall–Kier alpha value is -2.08. The number of hydrazone groups is 1. The minimum Gasteiger partial charge on any atom is -0.335 e. The molecule has 7 heteroatoms. The zero-order chi connectivity index (χ0) is 13.8. The lowest BCUT2D eigenvalue weighted by molar-refractivity contribution is 0.866. The van der Waals surface area contributed by atoms with Crippen LogP contribution in [0.1, 0.15) is 36.7 Å². The predicted octanol–water partition coefficient (Wildman–Crippen LogP) is 2.29. The molecule has 0 bridgehead atoms. The van der Waals surface area contributed by atoms with E-state index < -0.39 is 0 Å². The third-order valence-corrected chi connectivity index (χ3v) is 2.85. The lowest BCUT2D eigenvalue weighted by atomic mass is 10.0. The van der Waals surface area contributed by atoms with Crippen LogP contribution in [-0.4, -0.2) is 21.1 Å². The van der Waals surface area contributed by atoms with Crippen molar-refractivity contribution in [3.05, 3.63) is 41.2 Å². The van der Waals surface area contributed by atoms with E-state index in [-0.39, 0.29) is 12.4 Å². The second-order valence-corrected chi connectivity index (χ2v) is 4.63. The molecule has 0 amide bonds. The van der Waals surface area contributed by atoms with Crippen LogP contribution in [0, 0.1) is 6.92 Å². The number of aromatic nitrogens is 3. The van der Waals surface area contributed by atoms with Crippen LogP contribution in [0.5, 0.6) is 0 Å². The Bertz CT molecular complexity index is 573. The van der Waals surface area contributed by atoms with Crippen LogP contribution < -0.4 is 11.3 Å². The first kappa shape index (κ1) is 16.0.